The molecular formula is C17H16N6O3S. The van der Waals surface area contributed by atoms with Gasteiger partial charge in [-0.15, -0.1) is 5.10 Å². The number of carbonyl (C=O) groups is 1. The van der Waals surface area contributed by atoms with Crippen molar-refractivity contribution in [1.29, 1.82) is 0 Å². The van der Waals surface area contributed by atoms with Gasteiger partial charge < -0.3 is 5.73 Å². The standard InChI is InChI=1S/C17H16N6O3S/c18-16(24)11-4-8-15(9-5-11)27(25,26)20-13-3-1-2-12(10-13)17-19-21-22-23(17)14-6-7-14/h1-5,8-10,14,20H,6-7H2,(H2,18,24). The zero-order valence-electron chi connectivity index (χ0n) is 14.1. The molecule has 0 unspecified atom stereocenters. The fourth-order valence-corrected chi connectivity index (χ4v) is 3.73. The summed E-state index contributed by atoms with van der Waals surface area (Å²) >= 11 is 0. The van der Waals surface area contributed by atoms with Gasteiger partial charge in [-0.3, -0.25) is 9.52 Å². The van der Waals surface area contributed by atoms with E-state index in [4.69, 9.17) is 5.73 Å². The second-order valence-corrected chi connectivity index (χ2v) is 7.94. The summed E-state index contributed by atoms with van der Waals surface area (Å²) in [5.74, 6) is -0.0163. The van der Waals surface area contributed by atoms with Crippen molar-refractivity contribution in [3.63, 3.8) is 0 Å². The van der Waals surface area contributed by atoms with Crippen LogP contribution in [-0.2, 0) is 10.0 Å². The van der Waals surface area contributed by atoms with Crippen LogP contribution in [0.1, 0.15) is 29.2 Å². The predicted octanol–water partition coefficient (Wildman–Crippen LogP) is 1.57. The SMILES string of the molecule is NC(=O)c1ccc(S(=O)(=O)Nc2cccc(-c3nnnn3C3CC3)c2)cc1. The second kappa shape index (κ2) is 6.47. The highest BCUT2D eigenvalue weighted by Gasteiger charge is 2.28. The highest BCUT2D eigenvalue weighted by Crippen LogP contribution is 2.36. The lowest BCUT2D eigenvalue weighted by Gasteiger charge is -2.10. The number of rotatable bonds is 6. The Labute approximate surface area is 155 Å². The van der Waals surface area contributed by atoms with Gasteiger partial charge in [0, 0.05) is 16.8 Å². The van der Waals surface area contributed by atoms with Crippen molar-refractivity contribution in [3.8, 4) is 11.4 Å². The van der Waals surface area contributed by atoms with Crippen molar-refractivity contribution in [2.24, 2.45) is 5.73 Å². The van der Waals surface area contributed by atoms with Crippen molar-refractivity contribution in [3.05, 3.63) is 54.1 Å². The maximum absolute atomic E-state index is 12.6. The number of sulfonamides is 1. The molecule has 1 aromatic heterocycles. The zero-order valence-corrected chi connectivity index (χ0v) is 14.9. The lowest BCUT2D eigenvalue weighted by Crippen LogP contribution is -2.14. The van der Waals surface area contributed by atoms with Crippen molar-refractivity contribution in [1.82, 2.24) is 20.2 Å². The Morgan fingerprint density at radius 1 is 1.15 bits per heavy atom. The Morgan fingerprint density at radius 2 is 1.89 bits per heavy atom. The third-order valence-corrected chi connectivity index (χ3v) is 5.60. The number of hydrogen-bond donors (Lipinski definition) is 2. The van der Waals surface area contributed by atoms with E-state index in [1.54, 1.807) is 22.9 Å². The van der Waals surface area contributed by atoms with E-state index in [0.29, 0.717) is 17.6 Å². The molecule has 4 rings (SSSR count). The predicted molar refractivity (Wildman–Crippen MR) is 97.3 cm³/mol. The summed E-state index contributed by atoms with van der Waals surface area (Å²) in [6, 6.07) is 12.6. The number of primary amides is 1. The number of carbonyl (C=O) groups excluding carboxylic acids is 1. The van der Waals surface area contributed by atoms with Gasteiger partial charge in [0.15, 0.2) is 5.82 Å². The molecule has 138 valence electrons. The molecule has 2 aromatic carbocycles. The van der Waals surface area contributed by atoms with Crippen molar-refractivity contribution in [2.75, 3.05) is 4.72 Å². The van der Waals surface area contributed by atoms with Crippen LogP contribution in [0.4, 0.5) is 5.69 Å². The number of nitrogens with one attached hydrogen (secondary N) is 1. The molecule has 0 spiro atoms. The van der Waals surface area contributed by atoms with Crippen LogP contribution in [0, 0.1) is 0 Å². The van der Waals surface area contributed by atoms with Gasteiger partial charge in [-0.05, 0) is 59.7 Å². The van der Waals surface area contributed by atoms with E-state index >= 15 is 0 Å². The van der Waals surface area contributed by atoms with E-state index in [1.807, 2.05) is 6.07 Å². The number of anilines is 1. The summed E-state index contributed by atoms with van der Waals surface area (Å²) in [7, 11) is -3.82. The minimum Gasteiger partial charge on any atom is -0.366 e. The number of amides is 1. The molecule has 0 aliphatic heterocycles. The third-order valence-electron chi connectivity index (χ3n) is 4.21. The molecular weight excluding hydrogens is 368 g/mol. The first-order valence-electron chi connectivity index (χ1n) is 8.25. The number of nitrogens with two attached hydrogens (primary N) is 1. The molecule has 0 saturated heterocycles. The molecule has 1 saturated carbocycles. The molecule has 1 aliphatic carbocycles. The molecule has 0 bridgehead atoms. The minimum atomic E-state index is -3.82. The fraction of sp³-hybridized carbons (Fsp3) is 0.176. The van der Waals surface area contributed by atoms with Crippen molar-refractivity contribution in [2.45, 2.75) is 23.8 Å². The molecule has 0 radical (unpaired) electrons. The van der Waals surface area contributed by atoms with Gasteiger partial charge in [0.1, 0.15) is 0 Å². The van der Waals surface area contributed by atoms with Crippen molar-refractivity contribution < 1.29 is 13.2 Å². The van der Waals surface area contributed by atoms with Crippen LogP contribution in [0.25, 0.3) is 11.4 Å². The van der Waals surface area contributed by atoms with E-state index in [0.717, 1.165) is 18.4 Å². The van der Waals surface area contributed by atoms with Gasteiger partial charge in [0.2, 0.25) is 5.91 Å². The summed E-state index contributed by atoms with van der Waals surface area (Å²) < 4.78 is 29.5. The van der Waals surface area contributed by atoms with Gasteiger partial charge >= 0.3 is 0 Å². The van der Waals surface area contributed by atoms with E-state index in [2.05, 4.69) is 20.2 Å². The van der Waals surface area contributed by atoms with Crippen LogP contribution in [-0.4, -0.2) is 34.5 Å². The van der Waals surface area contributed by atoms with Crippen LogP contribution < -0.4 is 10.5 Å². The van der Waals surface area contributed by atoms with E-state index in [9.17, 15) is 13.2 Å². The van der Waals surface area contributed by atoms with E-state index in [-0.39, 0.29) is 10.5 Å². The average Bonchev–Trinajstić information content (AvgIpc) is 3.38. The Kier molecular flexibility index (Phi) is 4.11. The van der Waals surface area contributed by atoms with E-state index < -0.39 is 15.9 Å². The van der Waals surface area contributed by atoms with Gasteiger partial charge in [0.05, 0.1) is 10.9 Å². The number of benzene rings is 2. The Bertz CT molecular complexity index is 1100. The minimum absolute atomic E-state index is 0.0284. The first-order chi connectivity index (χ1) is 12.9. The Balaban J connectivity index is 1.60. The molecule has 0 atom stereocenters. The molecule has 3 aromatic rings. The lowest BCUT2D eigenvalue weighted by atomic mass is 10.2. The van der Waals surface area contributed by atoms with Gasteiger partial charge in [-0.25, -0.2) is 13.1 Å². The fourth-order valence-electron chi connectivity index (χ4n) is 2.68. The largest absolute Gasteiger partial charge is 0.366 e. The first-order valence-corrected chi connectivity index (χ1v) is 9.73. The summed E-state index contributed by atoms with van der Waals surface area (Å²) in [6.07, 6.45) is 2.07. The zero-order chi connectivity index (χ0) is 19.0. The van der Waals surface area contributed by atoms with Gasteiger partial charge in [-0.1, -0.05) is 12.1 Å². The summed E-state index contributed by atoms with van der Waals surface area (Å²) in [5.41, 5.74) is 6.52. The van der Waals surface area contributed by atoms with Gasteiger partial charge in [0.25, 0.3) is 10.0 Å². The highest BCUT2D eigenvalue weighted by atomic mass is 32.2. The maximum Gasteiger partial charge on any atom is 0.261 e. The molecule has 1 aliphatic rings. The first kappa shape index (κ1) is 17.2. The molecule has 1 heterocycles. The molecule has 3 N–H and O–H groups in total. The number of nitrogens with zero attached hydrogens (tertiary/aromatic N) is 4. The molecule has 27 heavy (non-hydrogen) atoms. The normalized spacial score (nSPS) is 14.1. The monoisotopic (exact) mass is 384 g/mol. The van der Waals surface area contributed by atoms with Gasteiger partial charge in [-0.2, -0.15) is 0 Å². The Hall–Kier alpha value is -3.27. The summed E-state index contributed by atoms with van der Waals surface area (Å²) in [5, 5.41) is 11.8. The van der Waals surface area contributed by atoms with Crippen molar-refractivity contribution >= 4 is 21.6 Å². The summed E-state index contributed by atoms with van der Waals surface area (Å²) in [6.45, 7) is 0. The van der Waals surface area contributed by atoms with Crippen LogP contribution in [0.3, 0.4) is 0 Å². The number of tetrazole rings is 1. The second-order valence-electron chi connectivity index (χ2n) is 6.25. The molecule has 9 nitrogen and oxygen atoms in total. The topological polar surface area (TPSA) is 133 Å². The Morgan fingerprint density at radius 3 is 2.56 bits per heavy atom. The quantitative estimate of drug-likeness (QED) is 0.663. The smallest absolute Gasteiger partial charge is 0.261 e. The molecule has 1 amide bonds. The number of hydrogen-bond acceptors (Lipinski definition) is 6. The maximum atomic E-state index is 12.6. The lowest BCUT2D eigenvalue weighted by molar-refractivity contribution is 0.1000. The van der Waals surface area contributed by atoms with Crippen LogP contribution >= 0.6 is 0 Å². The summed E-state index contributed by atoms with van der Waals surface area (Å²) in [4.78, 5) is 11.2. The van der Waals surface area contributed by atoms with E-state index in [1.165, 1.54) is 24.3 Å². The average molecular weight is 384 g/mol. The molecule has 10 heteroatoms. The van der Waals surface area contributed by atoms with Crippen LogP contribution in [0.15, 0.2) is 53.4 Å². The number of aromatic nitrogens is 4. The van der Waals surface area contributed by atoms with Crippen LogP contribution in [0.2, 0.25) is 0 Å². The third kappa shape index (κ3) is 3.51. The molecule has 1 fully saturated rings. The highest BCUT2D eigenvalue weighted by molar-refractivity contribution is 7.92. The van der Waals surface area contributed by atoms with Crippen LogP contribution in [0.5, 0.6) is 0 Å².